The summed E-state index contributed by atoms with van der Waals surface area (Å²) in [6.45, 7) is 8.24. The number of nitrogens with one attached hydrogen (secondary N) is 1. The van der Waals surface area contributed by atoms with Crippen LogP contribution in [0.3, 0.4) is 0 Å². The molecule has 0 aromatic heterocycles. The molecule has 0 spiro atoms. The highest BCUT2D eigenvalue weighted by molar-refractivity contribution is 6.27. The lowest BCUT2D eigenvalue weighted by Crippen LogP contribution is -2.22. The Balaban J connectivity index is 0.000000972. The van der Waals surface area contributed by atoms with E-state index >= 15 is 0 Å². The summed E-state index contributed by atoms with van der Waals surface area (Å²) < 4.78 is 16.2. The molecule has 0 fully saturated rings. The Morgan fingerprint density at radius 2 is 1.78 bits per heavy atom. The molecular formula is C19H29NO7. The van der Waals surface area contributed by atoms with Gasteiger partial charge in [0.15, 0.2) is 0 Å². The summed E-state index contributed by atoms with van der Waals surface area (Å²) in [7, 11) is 1.72. The average Bonchev–Trinajstić information content (AvgIpc) is 2.65. The normalized spacial score (nSPS) is 9.81. The van der Waals surface area contributed by atoms with Gasteiger partial charge in [0.25, 0.3) is 0 Å². The Hall–Kier alpha value is -2.42. The fraction of sp³-hybridized carbons (Fsp3) is 0.474. The SMILES string of the molecule is C=CCc1ccccc1OCCOCCNCCCOC.O=C(O)C(=O)O. The van der Waals surface area contributed by atoms with Gasteiger partial charge >= 0.3 is 11.9 Å². The van der Waals surface area contributed by atoms with E-state index in [0.29, 0.717) is 19.8 Å². The summed E-state index contributed by atoms with van der Waals surface area (Å²) >= 11 is 0. The molecule has 0 saturated heterocycles. The standard InChI is InChI=1S/C17H27NO3.C2H2O4/c1-3-7-16-8-4-5-9-17(16)21-15-14-20-13-11-18-10-6-12-19-2;3-1(4)2(5)6/h3-5,8-9,18H,1,6-7,10-15H2,2H3;(H,3,4)(H,5,6). The third kappa shape index (κ3) is 14.4. The molecule has 1 rings (SSSR count). The van der Waals surface area contributed by atoms with Crippen molar-refractivity contribution in [2.45, 2.75) is 12.8 Å². The van der Waals surface area contributed by atoms with Crippen LogP contribution in [0.2, 0.25) is 0 Å². The molecule has 0 atom stereocenters. The monoisotopic (exact) mass is 383 g/mol. The van der Waals surface area contributed by atoms with Crippen molar-refractivity contribution in [3.05, 3.63) is 42.5 Å². The maximum Gasteiger partial charge on any atom is 0.414 e. The maximum atomic E-state index is 9.10. The fourth-order valence-electron chi connectivity index (χ4n) is 1.89. The van der Waals surface area contributed by atoms with Crippen LogP contribution in [0.25, 0.3) is 0 Å². The average molecular weight is 383 g/mol. The molecule has 3 N–H and O–H groups in total. The van der Waals surface area contributed by atoms with Crippen LogP contribution in [-0.4, -0.2) is 68.8 Å². The summed E-state index contributed by atoms with van der Waals surface area (Å²) in [4.78, 5) is 18.2. The van der Waals surface area contributed by atoms with E-state index in [4.69, 9.17) is 34.0 Å². The second-order valence-corrected chi connectivity index (χ2v) is 5.27. The van der Waals surface area contributed by atoms with Crippen molar-refractivity contribution in [3.63, 3.8) is 0 Å². The molecule has 0 unspecified atom stereocenters. The zero-order valence-corrected chi connectivity index (χ0v) is 15.7. The Labute approximate surface area is 159 Å². The van der Waals surface area contributed by atoms with Crippen molar-refractivity contribution in [1.29, 1.82) is 0 Å². The highest BCUT2D eigenvalue weighted by Gasteiger charge is 2.04. The van der Waals surface area contributed by atoms with Crippen LogP contribution in [0.15, 0.2) is 36.9 Å². The molecule has 8 nitrogen and oxygen atoms in total. The van der Waals surface area contributed by atoms with Crippen LogP contribution in [0.5, 0.6) is 5.75 Å². The van der Waals surface area contributed by atoms with Crippen LogP contribution in [0.1, 0.15) is 12.0 Å². The minimum Gasteiger partial charge on any atom is -0.491 e. The zero-order valence-electron chi connectivity index (χ0n) is 15.7. The van der Waals surface area contributed by atoms with Crippen molar-refractivity contribution in [3.8, 4) is 5.75 Å². The summed E-state index contributed by atoms with van der Waals surface area (Å²) in [5, 5.41) is 18.1. The molecule has 27 heavy (non-hydrogen) atoms. The summed E-state index contributed by atoms with van der Waals surface area (Å²) in [5.41, 5.74) is 1.16. The van der Waals surface area contributed by atoms with E-state index in [0.717, 1.165) is 43.9 Å². The van der Waals surface area contributed by atoms with E-state index in [-0.39, 0.29) is 0 Å². The topological polar surface area (TPSA) is 114 Å². The van der Waals surface area contributed by atoms with E-state index in [1.807, 2.05) is 24.3 Å². The minimum atomic E-state index is -1.82. The van der Waals surface area contributed by atoms with Crippen LogP contribution in [0.4, 0.5) is 0 Å². The van der Waals surface area contributed by atoms with Crippen molar-refractivity contribution >= 4 is 11.9 Å². The van der Waals surface area contributed by atoms with E-state index in [1.165, 1.54) is 0 Å². The fourth-order valence-corrected chi connectivity index (χ4v) is 1.89. The molecule has 1 aromatic carbocycles. The highest BCUT2D eigenvalue weighted by Crippen LogP contribution is 2.18. The lowest BCUT2D eigenvalue weighted by molar-refractivity contribution is -0.159. The number of carbonyl (C=O) groups is 2. The first kappa shape index (κ1) is 24.6. The van der Waals surface area contributed by atoms with Gasteiger partial charge in [-0.1, -0.05) is 24.3 Å². The predicted octanol–water partition coefficient (Wildman–Crippen LogP) is 1.59. The van der Waals surface area contributed by atoms with Crippen LogP contribution >= 0.6 is 0 Å². The van der Waals surface area contributed by atoms with Crippen LogP contribution < -0.4 is 10.1 Å². The Kier molecular flexibility index (Phi) is 15.5. The third-order valence-electron chi connectivity index (χ3n) is 3.13. The smallest absolute Gasteiger partial charge is 0.414 e. The Bertz CT molecular complexity index is 537. The number of rotatable bonds is 13. The summed E-state index contributed by atoms with van der Waals surface area (Å²) in [6.07, 6.45) is 3.73. The maximum absolute atomic E-state index is 9.10. The van der Waals surface area contributed by atoms with Gasteiger partial charge < -0.3 is 29.7 Å². The number of methoxy groups -OCH3 is 1. The molecule has 0 amide bonds. The number of aliphatic carboxylic acids is 2. The van der Waals surface area contributed by atoms with Crippen molar-refractivity contribution in [1.82, 2.24) is 5.32 Å². The van der Waals surface area contributed by atoms with E-state index < -0.39 is 11.9 Å². The van der Waals surface area contributed by atoms with E-state index in [9.17, 15) is 0 Å². The van der Waals surface area contributed by atoms with Gasteiger partial charge in [0.05, 0.1) is 13.2 Å². The number of allylic oxidation sites excluding steroid dienone is 1. The molecule has 1 aromatic rings. The van der Waals surface area contributed by atoms with Gasteiger partial charge in [-0.2, -0.15) is 0 Å². The molecule has 0 aliphatic rings. The number of benzene rings is 1. The molecule has 0 bridgehead atoms. The van der Waals surface area contributed by atoms with Gasteiger partial charge in [0.1, 0.15) is 12.4 Å². The number of carboxylic acids is 2. The van der Waals surface area contributed by atoms with Crippen molar-refractivity contribution in [2.24, 2.45) is 0 Å². The molecule has 152 valence electrons. The first-order valence-corrected chi connectivity index (χ1v) is 8.58. The lowest BCUT2D eigenvalue weighted by Gasteiger charge is -2.11. The third-order valence-corrected chi connectivity index (χ3v) is 3.13. The van der Waals surface area contributed by atoms with Gasteiger partial charge in [-0.25, -0.2) is 9.59 Å². The number of para-hydroxylation sites is 1. The van der Waals surface area contributed by atoms with Gasteiger partial charge in [-0.3, -0.25) is 0 Å². The highest BCUT2D eigenvalue weighted by atomic mass is 16.5. The van der Waals surface area contributed by atoms with Crippen LogP contribution in [-0.2, 0) is 25.5 Å². The molecule has 0 heterocycles. The predicted molar refractivity (Wildman–Crippen MR) is 101 cm³/mol. The van der Waals surface area contributed by atoms with Gasteiger partial charge in [0, 0.05) is 20.3 Å². The van der Waals surface area contributed by atoms with Gasteiger partial charge in [-0.15, -0.1) is 6.58 Å². The first-order chi connectivity index (χ1) is 13.0. The lowest BCUT2D eigenvalue weighted by atomic mass is 10.1. The molecule has 0 radical (unpaired) electrons. The summed E-state index contributed by atoms with van der Waals surface area (Å²) in [5.74, 6) is -2.73. The number of carboxylic acid groups (broad SMARTS) is 2. The van der Waals surface area contributed by atoms with Crippen LogP contribution in [0, 0.1) is 0 Å². The minimum absolute atomic E-state index is 0.567. The largest absolute Gasteiger partial charge is 0.491 e. The summed E-state index contributed by atoms with van der Waals surface area (Å²) in [6, 6.07) is 8.03. The number of hydrogen-bond donors (Lipinski definition) is 3. The Morgan fingerprint density at radius 3 is 2.41 bits per heavy atom. The first-order valence-electron chi connectivity index (χ1n) is 8.58. The molecule has 0 aliphatic heterocycles. The Morgan fingerprint density at radius 1 is 1.07 bits per heavy atom. The number of hydrogen-bond acceptors (Lipinski definition) is 6. The molecule has 0 saturated carbocycles. The second-order valence-electron chi connectivity index (χ2n) is 5.27. The molecule has 0 aliphatic carbocycles. The van der Waals surface area contributed by atoms with E-state index in [1.54, 1.807) is 7.11 Å². The van der Waals surface area contributed by atoms with E-state index in [2.05, 4.69) is 18.0 Å². The van der Waals surface area contributed by atoms with Crippen molar-refractivity contribution in [2.75, 3.05) is 46.6 Å². The number of ether oxygens (including phenoxy) is 3. The zero-order chi connectivity index (χ0) is 20.3. The molecule has 8 heteroatoms. The molecular weight excluding hydrogens is 354 g/mol. The van der Waals surface area contributed by atoms with Gasteiger partial charge in [-0.05, 0) is 31.0 Å². The second kappa shape index (κ2) is 17.0. The van der Waals surface area contributed by atoms with Gasteiger partial charge in [0.2, 0.25) is 0 Å². The quantitative estimate of drug-likeness (QED) is 0.267. The van der Waals surface area contributed by atoms with Crippen molar-refractivity contribution < 1.29 is 34.0 Å².